The number of carbonyl (C=O) groups is 3. The summed E-state index contributed by atoms with van der Waals surface area (Å²) in [5.74, 6) is -0.254. The van der Waals surface area contributed by atoms with Gasteiger partial charge in [0.05, 0.1) is 35.6 Å². The molecule has 0 unspecified atom stereocenters. The highest BCUT2D eigenvalue weighted by Crippen LogP contribution is 2.28. The van der Waals surface area contributed by atoms with Gasteiger partial charge in [0.1, 0.15) is 19.0 Å². The van der Waals surface area contributed by atoms with Gasteiger partial charge in [-0.1, -0.05) is 42.1 Å². The molecule has 3 rings (SSSR count). The minimum Gasteiger partial charge on any atom is -0.489 e. The zero-order chi connectivity index (χ0) is 22.1. The lowest BCUT2D eigenvalue weighted by atomic mass is 10.2. The van der Waals surface area contributed by atoms with Crippen molar-refractivity contribution in [3.05, 3.63) is 76.8 Å². The number of amides is 1. The summed E-state index contributed by atoms with van der Waals surface area (Å²) in [6, 6.07) is 16.5. The zero-order valence-corrected chi connectivity index (χ0v) is 17.9. The van der Waals surface area contributed by atoms with E-state index in [1.54, 1.807) is 31.2 Å². The molecule has 0 radical (unpaired) electrons. The molecule has 2 aromatic carbocycles. The molecule has 0 aliphatic carbocycles. The van der Waals surface area contributed by atoms with Crippen LogP contribution in [0, 0.1) is 0 Å². The summed E-state index contributed by atoms with van der Waals surface area (Å²) in [7, 11) is 0. The van der Waals surface area contributed by atoms with E-state index in [0.29, 0.717) is 22.9 Å². The van der Waals surface area contributed by atoms with Gasteiger partial charge in [-0.3, -0.25) is 4.79 Å². The molecule has 1 fully saturated rings. The first-order valence-electron chi connectivity index (χ1n) is 9.82. The molecule has 1 heterocycles. The standard InChI is InChI=1S/C23H23NO6S/c1-2-28-22(26)14-21-24(20(25)16-31-21)12-13-29-23(27)18-8-10-19(11-9-18)30-15-17-6-4-3-5-7-17/h3-11,14H,2,12-13,15-16H2,1H3/b21-14-. The molecule has 1 amide bonds. The third-order valence-corrected chi connectivity index (χ3v) is 5.35. The van der Waals surface area contributed by atoms with E-state index in [-0.39, 0.29) is 31.4 Å². The van der Waals surface area contributed by atoms with Crippen molar-refractivity contribution in [2.75, 3.05) is 25.5 Å². The average Bonchev–Trinajstić information content (AvgIpc) is 3.12. The van der Waals surface area contributed by atoms with Crippen LogP contribution in [-0.4, -0.2) is 48.3 Å². The molecule has 0 spiro atoms. The molecule has 0 N–H and O–H groups in total. The Balaban J connectivity index is 1.47. The summed E-state index contributed by atoms with van der Waals surface area (Å²) in [4.78, 5) is 37.4. The van der Waals surface area contributed by atoms with Gasteiger partial charge in [0.25, 0.3) is 0 Å². The van der Waals surface area contributed by atoms with Gasteiger partial charge in [-0.15, -0.1) is 0 Å². The largest absolute Gasteiger partial charge is 0.489 e. The van der Waals surface area contributed by atoms with E-state index in [1.165, 1.54) is 22.7 Å². The summed E-state index contributed by atoms with van der Waals surface area (Å²) in [6.45, 7) is 2.59. The van der Waals surface area contributed by atoms with Crippen molar-refractivity contribution in [3.8, 4) is 5.75 Å². The van der Waals surface area contributed by atoms with Gasteiger partial charge >= 0.3 is 11.9 Å². The Morgan fingerprint density at radius 1 is 1.06 bits per heavy atom. The molecule has 31 heavy (non-hydrogen) atoms. The fraction of sp³-hybridized carbons (Fsp3) is 0.261. The summed E-state index contributed by atoms with van der Waals surface area (Å²) in [5.41, 5.74) is 1.44. The molecule has 0 bridgehead atoms. The second-order valence-electron chi connectivity index (χ2n) is 6.50. The normalized spacial score (nSPS) is 14.5. The van der Waals surface area contributed by atoms with Crippen molar-refractivity contribution in [2.45, 2.75) is 13.5 Å². The van der Waals surface area contributed by atoms with Gasteiger partial charge in [0.2, 0.25) is 5.91 Å². The van der Waals surface area contributed by atoms with E-state index in [4.69, 9.17) is 14.2 Å². The Morgan fingerprint density at radius 2 is 1.81 bits per heavy atom. The van der Waals surface area contributed by atoms with Crippen LogP contribution < -0.4 is 4.74 Å². The molecule has 0 atom stereocenters. The van der Waals surface area contributed by atoms with Crippen molar-refractivity contribution >= 4 is 29.6 Å². The average molecular weight is 442 g/mol. The fourth-order valence-electron chi connectivity index (χ4n) is 2.79. The molecule has 7 nitrogen and oxygen atoms in total. The molecule has 162 valence electrons. The van der Waals surface area contributed by atoms with Gasteiger partial charge < -0.3 is 19.1 Å². The van der Waals surface area contributed by atoms with E-state index < -0.39 is 11.9 Å². The van der Waals surface area contributed by atoms with E-state index in [2.05, 4.69) is 0 Å². The predicted octanol–water partition coefficient (Wildman–Crippen LogP) is 3.40. The number of thioether (sulfide) groups is 1. The smallest absolute Gasteiger partial charge is 0.338 e. The van der Waals surface area contributed by atoms with Gasteiger partial charge in [-0.05, 0) is 36.8 Å². The van der Waals surface area contributed by atoms with Gasteiger partial charge in [-0.2, -0.15) is 0 Å². The molecule has 1 saturated heterocycles. The van der Waals surface area contributed by atoms with Gasteiger partial charge in [-0.25, -0.2) is 9.59 Å². The molecule has 0 aromatic heterocycles. The Bertz CT molecular complexity index is 942. The lowest BCUT2D eigenvalue weighted by Gasteiger charge is -2.16. The van der Waals surface area contributed by atoms with Gasteiger partial charge in [0.15, 0.2) is 0 Å². The SMILES string of the molecule is CCOC(=O)/C=C1\SCC(=O)N1CCOC(=O)c1ccc(OCc2ccccc2)cc1. The van der Waals surface area contributed by atoms with Crippen LogP contribution in [0.2, 0.25) is 0 Å². The fourth-order valence-corrected chi connectivity index (χ4v) is 3.75. The highest BCUT2D eigenvalue weighted by molar-refractivity contribution is 8.04. The van der Waals surface area contributed by atoms with E-state index in [1.807, 2.05) is 30.3 Å². The number of benzene rings is 2. The molecular weight excluding hydrogens is 418 g/mol. The van der Waals surface area contributed by atoms with Crippen LogP contribution in [-0.2, 0) is 25.7 Å². The second-order valence-corrected chi connectivity index (χ2v) is 7.50. The highest BCUT2D eigenvalue weighted by atomic mass is 32.2. The van der Waals surface area contributed by atoms with Crippen molar-refractivity contribution < 1.29 is 28.6 Å². The summed E-state index contributed by atoms with van der Waals surface area (Å²) in [5, 5.41) is 0.499. The molecular formula is C23H23NO6S. The van der Waals surface area contributed by atoms with E-state index >= 15 is 0 Å². The number of rotatable bonds is 9. The lowest BCUT2D eigenvalue weighted by molar-refractivity contribution is -0.137. The minimum atomic E-state index is -0.503. The number of esters is 2. The van der Waals surface area contributed by atoms with Crippen LogP contribution in [0.3, 0.4) is 0 Å². The maximum Gasteiger partial charge on any atom is 0.338 e. The molecule has 1 aliphatic heterocycles. The summed E-state index contributed by atoms with van der Waals surface area (Å²) >= 11 is 1.25. The van der Waals surface area contributed by atoms with Crippen LogP contribution in [0.4, 0.5) is 0 Å². The molecule has 1 aliphatic rings. The van der Waals surface area contributed by atoms with Crippen molar-refractivity contribution in [1.82, 2.24) is 4.90 Å². The quantitative estimate of drug-likeness (QED) is 0.436. The van der Waals surface area contributed by atoms with Crippen LogP contribution in [0.15, 0.2) is 65.7 Å². The Labute approximate surface area is 185 Å². The Hall–Kier alpha value is -3.26. The Morgan fingerprint density at radius 3 is 2.52 bits per heavy atom. The minimum absolute atomic E-state index is 0.0115. The first-order valence-corrected chi connectivity index (χ1v) is 10.8. The number of ether oxygens (including phenoxy) is 3. The monoisotopic (exact) mass is 441 g/mol. The molecule has 2 aromatic rings. The summed E-state index contributed by atoms with van der Waals surface area (Å²) in [6.07, 6.45) is 1.29. The Kier molecular flexibility index (Phi) is 8.12. The topological polar surface area (TPSA) is 82.1 Å². The second kappa shape index (κ2) is 11.2. The maximum absolute atomic E-state index is 12.3. The first kappa shape index (κ1) is 22.4. The van der Waals surface area contributed by atoms with Crippen molar-refractivity contribution in [1.29, 1.82) is 0 Å². The van der Waals surface area contributed by atoms with Crippen LogP contribution in [0.25, 0.3) is 0 Å². The van der Waals surface area contributed by atoms with E-state index in [0.717, 1.165) is 5.56 Å². The van der Waals surface area contributed by atoms with E-state index in [9.17, 15) is 14.4 Å². The number of hydrogen-bond acceptors (Lipinski definition) is 7. The number of hydrogen-bond donors (Lipinski definition) is 0. The van der Waals surface area contributed by atoms with Gasteiger partial charge in [0, 0.05) is 0 Å². The zero-order valence-electron chi connectivity index (χ0n) is 17.1. The summed E-state index contributed by atoms with van der Waals surface area (Å²) < 4.78 is 15.9. The highest BCUT2D eigenvalue weighted by Gasteiger charge is 2.27. The van der Waals surface area contributed by atoms with Crippen LogP contribution >= 0.6 is 11.8 Å². The first-order chi connectivity index (χ1) is 15.1. The molecule has 8 heteroatoms. The molecule has 0 saturated carbocycles. The van der Waals surface area contributed by atoms with Crippen molar-refractivity contribution in [2.24, 2.45) is 0 Å². The lowest BCUT2D eigenvalue weighted by Crippen LogP contribution is -2.29. The predicted molar refractivity (Wildman–Crippen MR) is 116 cm³/mol. The maximum atomic E-state index is 12.3. The number of carbonyl (C=O) groups excluding carboxylic acids is 3. The van der Waals surface area contributed by atoms with Crippen molar-refractivity contribution in [3.63, 3.8) is 0 Å². The van der Waals surface area contributed by atoms with Crippen LogP contribution in [0.1, 0.15) is 22.8 Å². The number of nitrogens with zero attached hydrogens (tertiary/aromatic N) is 1. The van der Waals surface area contributed by atoms with Crippen LogP contribution in [0.5, 0.6) is 5.75 Å². The third-order valence-electron chi connectivity index (χ3n) is 4.32. The third kappa shape index (κ3) is 6.62.